The first-order valence-corrected chi connectivity index (χ1v) is 10.8. The van der Waals surface area contributed by atoms with Crippen molar-refractivity contribution >= 4 is 45.6 Å². The van der Waals surface area contributed by atoms with Crippen LogP contribution in [-0.2, 0) is 23.0 Å². The van der Waals surface area contributed by atoms with Gasteiger partial charge in [0.05, 0.1) is 19.1 Å². The van der Waals surface area contributed by atoms with Crippen molar-refractivity contribution in [3.8, 4) is 5.75 Å². The van der Waals surface area contributed by atoms with Crippen LogP contribution in [0.4, 0.5) is 5.69 Å². The van der Waals surface area contributed by atoms with Crippen molar-refractivity contribution in [2.24, 2.45) is 4.99 Å². The number of halogens is 1. The topological polar surface area (TPSA) is 91.8 Å². The highest BCUT2D eigenvalue weighted by Gasteiger charge is 2.08. The van der Waals surface area contributed by atoms with E-state index in [0.717, 1.165) is 29.6 Å². The summed E-state index contributed by atoms with van der Waals surface area (Å²) in [5, 5.41) is 6.48. The smallest absolute Gasteiger partial charge is 0.229 e. The maximum atomic E-state index is 11.5. The number of hydrogen-bond donors (Lipinski definition) is 3. The summed E-state index contributed by atoms with van der Waals surface area (Å²) in [6.45, 7) is 3.16. The lowest BCUT2D eigenvalue weighted by Gasteiger charge is -2.15. The number of ether oxygens (including phenoxy) is 1. The third-order valence-electron chi connectivity index (χ3n) is 4.16. The first kappa shape index (κ1) is 25.0. The Kier molecular flexibility index (Phi) is 10.2. The molecule has 2 aromatic rings. The average Bonchev–Trinajstić information content (AvgIpc) is 2.65. The number of rotatable bonds is 8. The molecule has 0 fully saturated rings. The van der Waals surface area contributed by atoms with Crippen LogP contribution in [0.15, 0.2) is 47.5 Å². The van der Waals surface area contributed by atoms with Crippen molar-refractivity contribution in [3.05, 3.63) is 59.2 Å². The van der Waals surface area contributed by atoms with E-state index in [2.05, 4.69) is 26.4 Å². The van der Waals surface area contributed by atoms with Crippen LogP contribution in [0, 0.1) is 6.92 Å². The quantitative estimate of drug-likeness (QED) is 0.276. The van der Waals surface area contributed by atoms with E-state index in [1.807, 2.05) is 31.2 Å². The number of sulfonamides is 1. The molecule has 29 heavy (non-hydrogen) atoms. The van der Waals surface area contributed by atoms with E-state index in [9.17, 15) is 8.42 Å². The zero-order valence-corrected chi connectivity index (χ0v) is 20.3. The van der Waals surface area contributed by atoms with Crippen LogP contribution in [0.2, 0.25) is 0 Å². The summed E-state index contributed by atoms with van der Waals surface area (Å²) in [5.74, 6) is 1.53. The largest absolute Gasteiger partial charge is 0.496 e. The van der Waals surface area contributed by atoms with Gasteiger partial charge in [0, 0.05) is 20.1 Å². The molecule has 0 bridgehead atoms. The van der Waals surface area contributed by atoms with Crippen molar-refractivity contribution in [2.45, 2.75) is 19.9 Å². The number of para-hydroxylation sites is 1. The minimum Gasteiger partial charge on any atom is -0.496 e. The molecule has 0 aliphatic rings. The minimum absolute atomic E-state index is 0. The molecule has 7 nitrogen and oxygen atoms in total. The van der Waals surface area contributed by atoms with Crippen molar-refractivity contribution in [1.82, 2.24) is 10.6 Å². The molecule has 0 saturated heterocycles. The number of benzene rings is 2. The fourth-order valence-electron chi connectivity index (χ4n) is 2.72. The van der Waals surface area contributed by atoms with Gasteiger partial charge in [-0.25, -0.2) is 8.42 Å². The SMILES string of the molecule is CN=C(NCCc1ccc(C)c(OC)c1)NCc1ccccc1NS(C)(=O)=O.I. The van der Waals surface area contributed by atoms with Gasteiger partial charge in [-0.3, -0.25) is 9.71 Å². The molecule has 0 heterocycles. The second-order valence-electron chi connectivity index (χ2n) is 6.44. The van der Waals surface area contributed by atoms with E-state index in [1.165, 1.54) is 5.56 Å². The maximum absolute atomic E-state index is 11.5. The van der Waals surface area contributed by atoms with Gasteiger partial charge in [-0.05, 0) is 42.2 Å². The van der Waals surface area contributed by atoms with E-state index in [-0.39, 0.29) is 24.0 Å². The number of aliphatic imine (C=N–C) groups is 1. The molecule has 0 aromatic heterocycles. The summed E-state index contributed by atoms with van der Waals surface area (Å²) in [5.41, 5.74) is 3.67. The first-order valence-electron chi connectivity index (χ1n) is 8.96. The van der Waals surface area contributed by atoms with E-state index < -0.39 is 10.0 Å². The Morgan fingerprint density at radius 1 is 1.14 bits per heavy atom. The van der Waals surface area contributed by atoms with Crippen molar-refractivity contribution in [2.75, 3.05) is 31.7 Å². The van der Waals surface area contributed by atoms with E-state index >= 15 is 0 Å². The zero-order valence-electron chi connectivity index (χ0n) is 17.2. The van der Waals surface area contributed by atoms with Crippen LogP contribution in [0.1, 0.15) is 16.7 Å². The molecule has 2 rings (SSSR count). The van der Waals surface area contributed by atoms with Crippen molar-refractivity contribution in [3.63, 3.8) is 0 Å². The molecular formula is C20H29IN4O3S. The highest BCUT2D eigenvalue weighted by atomic mass is 127. The lowest BCUT2D eigenvalue weighted by atomic mass is 10.1. The Hall–Kier alpha value is -2.01. The molecule has 3 N–H and O–H groups in total. The number of anilines is 1. The highest BCUT2D eigenvalue weighted by Crippen LogP contribution is 2.19. The number of hydrogen-bond acceptors (Lipinski definition) is 4. The van der Waals surface area contributed by atoms with E-state index in [1.54, 1.807) is 26.3 Å². The van der Waals surface area contributed by atoms with Gasteiger partial charge in [0.25, 0.3) is 0 Å². The Morgan fingerprint density at radius 3 is 2.52 bits per heavy atom. The van der Waals surface area contributed by atoms with Crippen LogP contribution in [0.25, 0.3) is 0 Å². The monoisotopic (exact) mass is 532 g/mol. The van der Waals surface area contributed by atoms with Gasteiger partial charge in [-0.2, -0.15) is 0 Å². The maximum Gasteiger partial charge on any atom is 0.229 e. The summed E-state index contributed by atoms with van der Waals surface area (Å²) in [4.78, 5) is 4.22. The zero-order chi connectivity index (χ0) is 20.6. The fourth-order valence-corrected chi connectivity index (χ4v) is 3.32. The highest BCUT2D eigenvalue weighted by molar-refractivity contribution is 14.0. The predicted octanol–water partition coefficient (Wildman–Crippen LogP) is 2.90. The third-order valence-corrected chi connectivity index (χ3v) is 4.75. The lowest BCUT2D eigenvalue weighted by Crippen LogP contribution is -2.38. The van der Waals surface area contributed by atoms with Crippen LogP contribution < -0.4 is 20.1 Å². The molecule has 0 radical (unpaired) electrons. The minimum atomic E-state index is -3.33. The summed E-state index contributed by atoms with van der Waals surface area (Å²) in [6, 6.07) is 13.4. The number of guanidine groups is 1. The number of nitrogens with zero attached hydrogens (tertiary/aromatic N) is 1. The summed E-state index contributed by atoms with van der Waals surface area (Å²) < 4.78 is 30.9. The Bertz CT molecular complexity index is 933. The van der Waals surface area contributed by atoms with Crippen LogP contribution in [-0.4, -0.2) is 41.3 Å². The fraction of sp³-hybridized carbons (Fsp3) is 0.350. The number of nitrogens with one attached hydrogen (secondary N) is 3. The number of aryl methyl sites for hydroxylation is 1. The van der Waals surface area contributed by atoms with E-state index in [0.29, 0.717) is 24.7 Å². The van der Waals surface area contributed by atoms with Gasteiger partial charge in [0.1, 0.15) is 5.75 Å². The predicted molar refractivity (Wildman–Crippen MR) is 130 cm³/mol. The van der Waals surface area contributed by atoms with Crippen LogP contribution in [0.5, 0.6) is 5.75 Å². The average molecular weight is 532 g/mol. The van der Waals surface area contributed by atoms with Gasteiger partial charge in [0.15, 0.2) is 5.96 Å². The molecule has 0 amide bonds. The number of methoxy groups -OCH3 is 1. The molecule has 0 aliphatic heterocycles. The molecule has 0 aliphatic carbocycles. The molecule has 0 spiro atoms. The molecule has 9 heteroatoms. The standard InChI is InChI=1S/C20H28N4O3S.HI/c1-15-9-10-16(13-19(15)27-3)11-12-22-20(21-2)23-14-17-7-5-6-8-18(17)24-28(4,25)26;/h5-10,13,24H,11-12,14H2,1-4H3,(H2,21,22,23);1H. The second-order valence-corrected chi connectivity index (χ2v) is 8.19. The first-order chi connectivity index (χ1) is 13.3. The van der Waals surface area contributed by atoms with Gasteiger partial charge in [0.2, 0.25) is 10.0 Å². The summed E-state index contributed by atoms with van der Waals surface area (Å²) in [6.07, 6.45) is 1.96. The van der Waals surface area contributed by atoms with Gasteiger partial charge in [-0.15, -0.1) is 24.0 Å². The molecule has 0 atom stereocenters. The molecule has 2 aromatic carbocycles. The Balaban J connectivity index is 0.00000420. The summed E-state index contributed by atoms with van der Waals surface area (Å²) in [7, 11) is 0.0411. The van der Waals surface area contributed by atoms with Crippen molar-refractivity contribution < 1.29 is 13.2 Å². The molecule has 160 valence electrons. The Morgan fingerprint density at radius 2 is 1.86 bits per heavy atom. The third kappa shape index (κ3) is 8.48. The van der Waals surface area contributed by atoms with Crippen LogP contribution >= 0.6 is 24.0 Å². The molecule has 0 unspecified atom stereocenters. The van der Waals surface area contributed by atoms with Crippen LogP contribution in [0.3, 0.4) is 0 Å². The lowest BCUT2D eigenvalue weighted by molar-refractivity contribution is 0.411. The second kappa shape index (κ2) is 11.9. The Labute approximate surface area is 190 Å². The summed E-state index contributed by atoms with van der Waals surface area (Å²) >= 11 is 0. The van der Waals surface area contributed by atoms with Gasteiger partial charge < -0.3 is 15.4 Å². The molecule has 0 saturated carbocycles. The molecular weight excluding hydrogens is 503 g/mol. The van der Waals surface area contributed by atoms with Gasteiger partial charge >= 0.3 is 0 Å². The normalized spacial score (nSPS) is 11.4. The van der Waals surface area contributed by atoms with E-state index in [4.69, 9.17) is 4.74 Å². The van der Waals surface area contributed by atoms with Gasteiger partial charge in [-0.1, -0.05) is 30.3 Å². The van der Waals surface area contributed by atoms with Crippen molar-refractivity contribution in [1.29, 1.82) is 0 Å².